The molecule has 1 unspecified atom stereocenters. The third-order valence-corrected chi connectivity index (χ3v) is 3.68. The fraction of sp³-hybridized carbons (Fsp3) is 0.421. The Labute approximate surface area is 128 Å². The summed E-state index contributed by atoms with van der Waals surface area (Å²) in [5, 5.41) is 4.85. The van der Waals surface area contributed by atoms with Gasteiger partial charge in [0.25, 0.3) is 0 Å². The minimum absolute atomic E-state index is 0.286. The first kappa shape index (κ1) is 15.5. The Bertz CT molecular complexity index is 649. The molecule has 0 fully saturated rings. The van der Waals surface area contributed by atoms with E-state index in [2.05, 4.69) is 61.3 Å². The molecule has 0 radical (unpaired) electrons. The largest absolute Gasteiger partial charge is 0.309 e. The lowest BCUT2D eigenvalue weighted by atomic mass is 10.0. The molecule has 0 spiro atoms. The van der Waals surface area contributed by atoms with E-state index >= 15 is 0 Å². The Morgan fingerprint density at radius 3 is 2.86 bits per heavy atom. The van der Waals surface area contributed by atoms with Gasteiger partial charge in [0.15, 0.2) is 0 Å². The first-order valence-corrected chi connectivity index (χ1v) is 7.75. The lowest BCUT2D eigenvalue weighted by molar-refractivity contribution is 0.496. The lowest BCUT2D eigenvalue weighted by Gasteiger charge is -2.18. The number of rotatable bonds is 6. The van der Waals surface area contributed by atoms with Crippen molar-refractivity contribution in [1.82, 2.24) is 10.3 Å². The minimum Gasteiger partial charge on any atom is -0.309 e. The van der Waals surface area contributed by atoms with Gasteiger partial charge in [-0.2, -0.15) is 0 Å². The smallest absolute Gasteiger partial charge is 0.0708 e. The molecule has 1 aromatic heterocycles. The van der Waals surface area contributed by atoms with E-state index < -0.39 is 0 Å². The monoisotopic (exact) mass is 280 g/mol. The van der Waals surface area contributed by atoms with Crippen molar-refractivity contribution in [3.05, 3.63) is 41.6 Å². The molecule has 110 valence electrons. The first-order valence-electron chi connectivity index (χ1n) is 7.75. The lowest BCUT2D eigenvalue weighted by Crippen LogP contribution is -2.23. The molecular weight excluding hydrogens is 256 g/mol. The van der Waals surface area contributed by atoms with Crippen LogP contribution in [0.3, 0.4) is 0 Å². The van der Waals surface area contributed by atoms with Gasteiger partial charge in [0.2, 0.25) is 0 Å². The second-order valence-corrected chi connectivity index (χ2v) is 5.35. The summed E-state index contributed by atoms with van der Waals surface area (Å²) in [6.45, 7) is 7.26. The van der Waals surface area contributed by atoms with Crippen LogP contribution in [0.1, 0.15) is 50.4 Å². The highest BCUT2D eigenvalue weighted by atomic mass is 14.9. The van der Waals surface area contributed by atoms with Crippen LogP contribution in [0.25, 0.3) is 10.9 Å². The summed E-state index contributed by atoms with van der Waals surface area (Å²) >= 11 is 0. The van der Waals surface area contributed by atoms with Gasteiger partial charge in [0.1, 0.15) is 0 Å². The number of aromatic nitrogens is 1. The topological polar surface area (TPSA) is 24.9 Å². The van der Waals surface area contributed by atoms with Crippen molar-refractivity contribution in [2.24, 2.45) is 0 Å². The number of benzene rings is 1. The number of para-hydroxylation sites is 1. The van der Waals surface area contributed by atoms with Crippen molar-refractivity contribution in [3.63, 3.8) is 0 Å². The minimum atomic E-state index is 0.286. The van der Waals surface area contributed by atoms with Crippen molar-refractivity contribution in [3.8, 4) is 11.8 Å². The summed E-state index contributed by atoms with van der Waals surface area (Å²) in [4.78, 5) is 4.86. The molecule has 0 saturated carbocycles. The van der Waals surface area contributed by atoms with Gasteiger partial charge in [0, 0.05) is 11.8 Å². The molecule has 2 heteroatoms. The molecule has 2 rings (SSSR count). The second kappa shape index (κ2) is 7.81. The number of pyridine rings is 1. The van der Waals surface area contributed by atoms with Crippen molar-refractivity contribution in [1.29, 1.82) is 0 Å². The van der Waals surface area contributed by atoms with Gasteiger partial charge in [-0.1, -0.05) is 25.1 Å². The van der Waals surface area contributed by atoms with Gasteiger partial charge >= 0.3 is 0 Å². The van der Waals surface area contributed by atoms with E-state index in [4.69, 9.17) is 4.98 Å². The fourth-order valence-electron chi connectivity index (χ4n) is 2.57. The Kier molecular flexibility index (Phi) is 5.78. The molecule has 0 bridgehead atoms. The number of fused-ring (bicyclic) bond motifs is 1. The average molecular weight is 280 g/mol. The van der Waals surface area contributed by atoms with Crippen molar-refractivity contribution >= 4 is 10.9 Å². The van der Waals surface area contributed by atoms with E-state index in [9.17, 15) is 0 Å². The Morgan fingerprint density at radius 2 is 2.10 bits per heavy atom. The molecule has 2 nitrogen and oxygen atoms in total. The maximum Gasteiger partial charge on any atom is 0.0708 e. The van der Waals surface area contributed by atoms with E-state index in [1.165, 1.54) is 10.9 Å². The van der Waals surface area contributed by atoms with Gasteiger partial charge in [-0.3, -0.25) is 4.98 Å². The molecule has 1 N–H and O–H groups in total. The van der Waals surface area contributed by atoms with Crippen LogP contribution < -0.4 is 5.32 Å². The molecule has 21 heavy (non-hydrogen) atoms. The molecular formula is C19H24N2. The maximum atomic E-state index is 4.86. The van der Waals surface area contributed by atoms with Gasteiger partial charge in [0.05, 0.1) is 17.3 Å². The molecule has 0 aliphatic carbocycles. The van der Waals surface area contributed by atoms with E-state index in [-0.39, 0.29) is 6.04 Å². The van der Waals surface area contributed by atoms with Gasteiger partial charge in [-0.25, -0.2) is 0 Å². The molecule has 0 amide bonds. The van der Waals surface area contributed by atoms with Crippen LogP contribution in [0.2, 0.25) is 0 Å². The maximum absolute atomic E-state index is 4.86. The summed E-state index contributed by atoms with van der Waals surface area (Å²) in [7, 11) is 0. The number of aryl methyl sites for hydroxylation is 1. The molecule has 0 aliphatic heterocycles. The quantitative estimate of drug-likeness (QED) is 0.794. The van der Waals surface area contributed by atoms with Gasteiger partial charge < -0.3 is 5.32 Å². The van der Waals surface area contributed by atoms with Crippen LogP contribution in [-0.2, 0) is 0 Å². The molecule has 1 aromatic carbocycles. The predicted molar refractivity (Wildman–Crippen MR) is 90.2 cm³/mol. The van der Waals surface area contributed by atoms with Gasteiger partial charge in [-0.15, -0.1) is 11.8 Å². The van der Waals surface area contributed by atoms with Gasteiger partial charge in [-0.05, 0) is 50.9 Å². The van der Waals surface area contributed by atoms with Crippen molar-refractivity contribution in [2.45, 2.75) is 46.1 Å². The Balaban J connectivity index is 2.30. The SMILES string of the molecule is CC#CCCC(NCCC)c1cc(C)c2ccccc2n1. The average Bonchev–Trinajstić information content (AvgIpc) is 2.50. The standard InChI is InChI=1S/C19H24N2/c1-4-6-7-12-18(20-13-5-2)19-14-15(3)16-10-8-9-11-17(16)21-19/h8-11,14,18,20H,5,7,12-13H2,1-3H3. The number of nitrogens with zero attached hydrogens (tertiary/aromatic N) is 1. The third kappa shape index (κ3) is 4.06. The predicted octanol–water partition coefficient (Wildman–Crippen LogP) is 4.39. The summed E-state index contributed by atoms with van der Waals surface area (Å²) in [6.07, 6.45) is 3.04. The summed E-state index contributed by atoms with van der Waals surface area (Å²) < 4.78 is 0. The number of nitrogens with one attached hydrogen (secondary N) is 1. The van der Waals surface area contributed by atoms with Crippen LogP contribution in [-0.4, -0.2) is 11.5 Å². The first-order chi connectivity index (χ1) is 10.3. The van der Waals surface area contributed by atoms with Crippen LogP contribution in [0.5, 0.6) is 0 Å². The Hall–Kier alpha value is -1.85. The fourth-order valence-corrected chi connectivity index (χ4v) is 2.57. The van der Waals surface area contributed by atoms with Crippen LogP contribution >= 0.6 is 0 Å². The summed E-state index contributed by atoms with van der Waals surface area (Å²) in [6, 6.07) is 10.9. The molecule has 2 aromatic rings. The molecule has 0 saturated heterocycles. The van der Waals surface area contributed by atoms with Crippen LogP contribution in [0.4, 0.5) is 0 Å². The van der Waals surface area contributed by atoms with Crippen LogP contribution in [0, 0.1) is 18.8 Å². The molecule has 0 aliphatic rings. The highest BCUT2D eigenvalue weighted by molar-refractivity contribution is 5.82. The van der Waals surface area contributed by atoms with Crippen molar-refractivity contribution in [2.75, 3.05) is 6.54 Å². The summed E-state index contributed by atoms with van der Waals surface area (Å²) in [5.74, 6) is 6.13. The van der Waals surface area contributed by atoms with E-state index in [1.807, 2.05) is 6.92 Å². The highest BCUT2D eigenvalue weighted by Gasteiger charge is 2.13. The Morgan fingerprint density at radius 1 is 1.29 bits per heavy atom. The van der Waals surface area contributed by atoms with E-state index in [0.29, 0.717) is 0 Å². The second-order valence-electron chi connectivity index (χ2n) is 5.35. The molecule has 1 heterocycles. The van der Waals surface area contributed by atoms with Crippen LogP contribution in [0.15, 0.2) is 30.3 Å². The zero-order valence-electron chi connectivity index (χ0n) is 13.2. The third-order valence-electron chi connectivity index (χ3n) is 3.68. The zero-order valence-corrected chi connectivity index (χ0v) is 13.2. The number of hydrogen-bond donors (Lipinski definition) is 1. The molecule has 1 atom stereocenters. The zero-order chi connectivity index (χ0) is 15.1. The number of hydrogen-bond acceptors (Lipinski definition) is 2. The van der Waals surface area contributed by atoms with Crippen molar-refractivity contribution < 1.29 is 0 Å². The van der Waals surface area contributed by atoms with E-state index in [1.54, 1.807) is 0 Å². The summed E-state index contributed by atoms with van der Waals surface area (Å²) in [5.41, 5.74) is 3.51. The highest BCUT2D eigenvalue weighted by Crippen LogP contribution is 2.23. The van der Waals surface area contributed by atoms with E-state index in [0.717, 1.165) is 37.0 Å². The normalized spacial score (nSPS) is 12.0.